The highest BCUT2D eigenvalue weighted by atomic mass is 32.1. The molecule has 0 saturated carbocycles. The van der Waals surface area contributed by atoms with Crippen LogP contribution in [0.5, 0.6) is 17.4 Å². The summed E-state index contributed by atoms with van der Waals surface area (Å²) in [7, 11) is -2.79. The summed E-state index contributed by atoms with van der Waals surface area (Å²) in [6.45, 7) is 3.53. The topological polar surface area (TPSA) is 128 Å². The highest BCUT2D eigenvalue weighted by Crippen LogP contribution is 2.38. The van der Waals surface area contributed by atoms with Gasteiger partial charge in [0.2, 0.25) is 5.88 Å². The first-order valence-electron chi connectivity index (χ1n) is 12.5. The van der Waals surface area contributed by atoms with Crippen LogP contribution < -0.4 is 19.1 Å². The van der Waals surface area contributed by atoms with E-state index in [2.05, 4.69) is 15.0 Å². The Kier molecular flexibility index (Phi) is 8.83. The van der Waals surface area contributed by atoms with Crippen molar-refractivity contribution < 1.29 is 33.3 Å². The molecule has 2 N–H and O–H groups in total. The molecule has 2 aromatic heterocycles. The first-order chi connectivity index (χ1) is 19.4. The molecule has 0 aliphatic carbocycles. The predicted octanol–water partition coefficient (Wildman–Crippen LogP) is 4.48. The van der Waals surface area contributed by atoms with E-state index in [9.17, 15) is 14.4 Å². The minimum Gasteiger partial charge on any atom is -0.493 e. The van der Waals surface area contributed by atoms with Crippen LogP contribution in [0, 0.1) is 0 Å². The van der Waals surface area contributed by atoms with E-state index >= 15 is 0 Å². The van der Waals surface area contributed by atoms with E-state index in [0.29, 0.717) is 36.9 Å². The zero-order valence-corrected chi connectivity index (χ0v) is 23.5. The van der Waals surface area contributed by atoms with Crippen molar-refractivity contribution in [3.63, 3.8) is 0 Å². The van der Waals surface area contributed by atoms with Crippen molar-refractivity contribution in [2.45, 2.75) is 13.2 Å². The zero-order valence-electron chi connectivity index (χ0n) is 21.8. The summed E-state index contributed by atoms with van der Waals surface area (Å²) in [5.74, 6) is 2.17. The van der Waals surface area contributed by atoms with Crippen LogP contribution in [0.15, 0.2) is 65.9 Å². The molecule has 5 rings (SSSR count). The lowest BCUT2D eigenvalue weighted by atomic mass is 10.2. The number of morpholine rings is 1. The lowest BCUT2D eigenvalue weighted by Crippen LogP contribution is -2.36. The number of aromatic nitrogens is 3. The molecule has 11 nitrogen and oxygen atoms in total. The molecule has 13 heteroatoms. The van der Waals surface area contributed by atoms with E-state index in [1.165, 1.54) is 6.08 Å². The molecule has 0 atom stereocenters. The van der Waals surface area contributed by atoms with Crippen molar-refractivity contribution >= 4 is 30.1 Å². The number of benzene rings is 2. The third-order valence-electron chi connectivity index (χ3n) is 5.98. The Hall–Kier alpha value is -3.67. The number of nitrogens with zero attached hydrogens (tertiary/aromatic N) is 4. The summed E-state index contributed by atoms with van der Waals surface area (Å²) in [5, 5.41) is 7.43. The number of hydrogen-bond acceptors (Lipinski definition) is 9. The van der Waals surface area contributed by atoms with Crippen LogP contribution in [-0.4, -0.2) is 58.0 Å². The second-order valence-electron chi connectivity index (χ2n) is 8.86. The van der Waals surface area contributed by atoms with Gasteiger partial charge in [-0.3, -0.25) is 4.57 Å². The van der Waals surface area contributed by atoms with Gasteiger partial charge in [0.05, 0.1) is 37.3 Å². The normalized spacial score (nSPS) is 14.0. The average Bonchev–Trinajstić information content (AvgIpc) is 3.62. The third kappa shape index (κ3) is 7.29. The van der Waals surface area contributed by atoms with Crippen molar-refractivity contribution in [3.05, 3.63) is 82.7 Å². The Morgan fingerprint density at radius 2 is 1.88 bits per heavy atom. The largest absolute Gasteiger partial charge is 0.493 e. The summed E-state index contributed by atoms with van der Waals surface area (Å²) in [5.41, 5.74) is 2.85. The molecule has 1 saturated heterocycles. The molecule has 3 heterocycles. The van der Waals surface area contributed by atoms with Crippen LogP contribution in [0.2, 0.25) is 0 Å². The quantitative estimate of drug-likeness (QED) is 0.244. The molecule has 1 fully saturated rings. The predicted molar refractivity (Wildman–Crippen MR) is 151 cm³/mol. The average molecular weight is 585 g/mol. The van der Waals surface area contributed by atoms with Crippen molar-refractivity contribution in [3.8, 4) is 23.1 Å². The van der Waals surface area contributed by atoms with E-state index in [-0.39, 0.29) is 12.5 Å². The molecular weight excluding hydrogens is 555 g/mol. The van der Waals surface area contributed by atoms with Gasteiger partial charge in [-0.2, -0.15) is 0 Å². The van der Waals surface area contributed by atoms with E-state index in [1.54, 1.807) is 29.3 Å². The van der Waals surface area contributed by atoms with Crippen molar-refractivity contribution in [1.29, 1.82) is 0 Å². The highest BCUT2D eigenvalue weighted by molar-refractivity contribution is 7.55. The van der Waals surface area contributed by atoms with Crippen molar-refractivity contribution in [2.75, 3.05) is 38.3 Å². The van der Waals surface area contributed by atoms with Crippen LogP contribution in [0.1, 0.15) is 16.8 Å². The molecule has 0 unspecified atom stereocenters. The number of methoxy groups -OCH3 is 1. The summed E-state index contributed by atoms with van der Waals surface area (Å²) in [4.78, 5) is 25.5. The summed E-state index contributed by atoms with van der Waals surface area (Å²) in [6.07, 6.45) is 2.96. The van der Waals surface area contributed by atoms with Crippen molar-refractivity contribution in [1.82, 2.24) is 14.8 Å². The maximum atomic E-state index is 11.4. The molecule has 0 radical (unpaired) electrons. The molecule has 0 amide bonds. The molecule has 1 aliphatic heterocycles. The molecule has 0 spiro atoms. The first-order valence-corrected chi connectivity index (χ1v) is 15.0. The first kappa shape index (κ1) is 27.9. The maximum Gasteiger partial charge on any atom is 0.349 e. The Morgan fingerprint density at radius 3 is 2.62 bits per heavy atom. The molecule has 2 aromatic carbocycles. The van der Waals surface area contributed by atoms with Crippen LogP contribution in [0.4, 0.5) is 5.13 Å². The molecule has 40 heavy (non-hydrogen) atoms. The summed E-state index contributed by atoms with van der Waals surface area (Å²) >= 11 is 1.59. The molecule has 4 aromatic rings. The smallest absolute Gasteiger partial charge is 0.349 e. The number of rotatable bonds is 11. The van der Waals surface area contributed by atoms with Gasteiger partial charge in [-0.25, -0.2) is 9.67 Å². The fourth-order valence-electron chi connectivity index (χ4n) is 3.98. The Labute approximate surface area is 235 Å². The molecule has 1 aliphatic rings. The Balaban J connectivity index is 1.26. The van der Waals surface area contributed by atoms with Gasteiger partial charge < -0.3 is 33.6 Å². The van der Waals surface area contributed by atoms with E-state index in [1.807, 2.05) is 53.9 Å². The SMILES string of the molecule is COc1cc(COc2nn(-c3ccccc3)cc2/C=C/P(=O)(O)O)ccc1OCc1csc(N2CCOCC2)n1. The lowest BCUT2D eigenvalue weighted by molar-refractivity contribution is 0.122. The summed E-state index contributed by atoms with van der Waals surface area (Å²) in [6, 6.07) is 14.8. The monoisotopic (exact) mass is 584 g/mol. The number of hydrogen-bond donors (Lipinski definition) is 2. The van der Waals surface area contributed by atoms with E-state index in [4.69, 9.17) is 18.9 Å². The fraction of sp³-hybridized carbons (Fsp3) is 0.259. The van der Waals surface area contributed by atoms with Gasteiger partial charge in [0.1, 0.15) is 13.2 Å². The molecular formula is C27H29N4O7PS. The van der Waals surface area contributed by atoms with Gasteiger partial charge in [0.25, 0.3) is 0 Å². The highest BCUT2D eigenvalue weighted by Gasteiger charge is 2.16. The van der Waals surface area contributed by atoms with Crippen molar-refractivity contribution in [2.24, 2.45) is 0 Å². The van der Waals surface area contributed by atoms with Crippen LogP contribution in [0.3, 0.4) is 0 Å². The van der Waals surface area contributed by atoms with Gasteiger partial charge in [0.15, 0.2) is 16.6 Å². The van der Waals surface area contributed by atoms with Crippen LogP contribution in [0.25, 0.3) is 11.8 Å². The van der Waals surface area contributed by atoms with Crippen LogP contribution >= 0.6 is 18.9 Å². The Bertz CT molecular complexity index is 1500. The fourth-order valence-corrected chi connectivity index (χ4v) is 5.19. The van der Waals surface area contributed by atoms with Gasteiger partial charge in [-0.1, -0.05) is 24.3 Å². The van der Waals surface area contributed by atoms with Gasteiger partial charge in [-0.05, 0) is 35.9 Å². The number of para-hydroxylation sites is 1. The summed E-state index contributed by atoms with van der Waals surface area (Å²) < 4.78 is 35.9. The zero-order chi connectivity index (χ0) is 28.0. The lowest BCUT2D eigenvalue weighted by Gasteiger charge is -2.26. The number of ether oxygens (including phenoxy) is 4. The maximum absolute atomic E-state index is 11.4. The second-order valence-corrected chi connectivity index (χ2v) is 11.2. The third-order valence-corrected chi connectivity index (χ3v) is 7.46. The van der Waals surface area contributed by atoms with Gasteiger partial charge in [-0.15, -0.1) is 16.4 Å². The Morgan fingerprint density at radius 1 is 1.07 bits per heavy atom. The van der Waals surface area contributed by atoms with Gasteiger partial charge in [0, 0.05) is 30.5 Å². The minimum atomic E-state index is -4.36. The van der Waals surface area contributed by atoms with E-state index < -0.39 is 7.60 Å². The van der Waals surface area contributed by atoms with Crippen LogP contribution in [-0.2, 0) is 22.5 Å². The van der Waals surface area contributed by atoms with E-state index in [0.717, 1.165) is 41.0 Å². The van der Waals surface area contributed by atoms with Gasteiger partial charge >= 0.3 is 7.60 Å². The number of thiazole rings is 1. The molecule has 0 bridgehead atoms. The molecule has 210 valence electrons. The minimum absolute atomic E-state index is 0.147. The second kappa shape index (κ2) is 12.7. The number of anilines is 1. The standard InChI is InChI=1S/C27H29N4O7PS/c1-35-25-15-20(7-8-24(25)37-18-22-19-40-27(28-22)30-10-12-36-13-11-30)17-38-26-21(9-14-39(32,33)34)16-31(29-26)23-5-3-2-4-6-23/h2-9,14-16,19H,10-13,17-18H2,1H3,(H2,32,33,34)/b14-9+.